The minimum absolute atomic E-state index is 0.0835. The molecular weight excluding hydrogens is 533 g/mol. The molecular formula is C26H20Cl4FN2O2+. The van der Waals surface area contributed by atoms with E-state index in [1.54, 1.807) is 47.4 Å². The average Bonchev–Trinajstić information content (AvgIpc) is 3.28. The van der Waals surface area contributed by atoms with Crippen molar-refractivity contribution in [1.82, 2.24) is 4.57 Å². The Morgan fingerprint density at radius 2 is 1.66 bits per heavy atom. The molecule has 1 aromatic heterocycles. The second-order valence-electron chi connectivity index (χ2n) is 7.86. The second-order valence-corrected chi connectivity index (χ2v) is 9.57. The first-order valence-corrected chi connectivity index (χ1v) is 12.2. The van der Waals surface area contributed by atoms with Gasteiger partial charge in [-0.2, -0.15) is 0 Å². The van der Waals surface area contributed by atoms with Crippen LogP contribution in [0, 0.1) is 5.82 Å². The minimum Gasteiger partial charge on any atom is -0.353 e. The van der Waals surface area contributed by atoms with Crippen molar-refractivity contribution in [2.24, 2.45) is 0 Å². The molecule has 0 aliphatic rings. The predicted molar refractivity (Wildman–Crippen MR) is 136 cm³/mol. The van der Waals surface area contributed by atoms with E-state index < -0.39 is 11.6 Å². The third-order valence-electron chi connectivity index (χ3n) is 5.40. The molecule has 2 atom stereocenters. The highest BCUT2D eigenvalue weighted by atomic mass is 35.5. The van der Waals surface area contributed by atoms with Crippen molar-refractivity contribution in [2.75, 3.05) is 0 Å². The van der Waals surface area contributed by atoms with E-state index in [1.807, 2.05) is 22.9 Å². The van der Waals surface area contributed by atoms with E-state index in [2.05, 4.69) is 0 Å². The van der Waals surface area contributed by atoms with Crippen molar-refractivity contribution >= 4 is 52.2 Å². The number of aromatic nitrogens is 2. The monoisotopic (exact) mass is 551 g/mol. The molecule has 0 amide bonds. The molecule has 0 spiro atoms. The summed E-state index contributed by atoms with van der Waals surface area (Å²) in [5.74, 6) is -0.536. The molecule has 9 heteroatoms. The molecule has 0 bridgehead atoms. The smallest absolute Gasteiger partial charge is 0.244 e. The van der Waals surface area contributed by atoms with Crippen molar-refractivity contribution in [2.45, 2.75) is 24.8 Å². The van der Waals surface area contributed by atoms with Crippen molar-refractivity contribution in [3.8, 4) is 0 Å². The van der Waals surface area contributed by atoms with Gasteiger partial charge in [-0.15, -0.1) is 0 Å². The lowest BCUT2D eigenvalue weighted by atomic mass is 10.1. The van der Waals surface area contributed by atoms with Gasteiger partial charge in [0.1, 0.15) is 18.2 Å². The number of ether oxygens (including phenoxy) is 1. The highest BCUT2D eigenvalue weighted by Crippen LogP contribution is 2.30. The normalized spacial score (nSPS) is 12.9. The molecule has 0 aliphatic carbocycles. The molecule has 180 valence electrons. The molecule has 0 aliphatic heterocycles. The van der Waals surface area contributed by atoms with Gasteiger partial charge in [-0.3, -0.25) is 4.79 Å². The lowest BCUT2D eigenvalue weighted by Gasteiger charge is -2.21. The van der Waals surface area contributed by atoms with Crippen LogP contribution in [0.2, 0.25) is 15.1 Å². The van der Waals surface area contributed by atoms with Crippen molar-refractivity contribution in [3.63, 3.8) is 0 Å². The Labute approximate surface area is 222 Å². The van der Waals surface area contributed by atoms with Crippen LogP contribution in [0.3, 0.4) is 0 Å². The SMILES string of the molecule is O=C(C[n+]1ccn(C(c2ccc(Cl)cc2)C(Cl)OCc2ccc(Cl)cc2Cl)c1)c1ccc(F)cc1. The first kappa shape index (κ1) is 25.7. The molecule has 2 unspecified atom stereocenters. The van der Waals surface area contributed by atoms with Gasteiger partial charge in [-0.25, -0.2) is 13.5 Å². The number of halogens is 5. The molecule has 0 fully saturated rings. The Bertz CT molecular complexity index is 1310. The fourth-order valence-corrected chi connectivity index (χ4v) is 4.51. The van der Waals surface area contributed by atoms with Crippen LogP contribution < -0.4 is 4.57 Å². The van der Waals surface area contributed by atoms with Gasteiger partial charge in [-0.05, 0) is 54.1 Å². The summed E-state index contributed by atoms with van der Waals surface area (Å²) in [4.78, 5) is 12.6. The molecule has 0 saturated heterocycles. The minimum atomic E-state index is -0.781. The maximum Gasteiger partial charge on any atom is 0.244 e. The van der Waals surface area contributed by atoms with Crippen molar-refractivity contribution in [1.29, 1.82) is 0 Å². The summed E-state index contributed by atoms with van der Waals surface area (Å²) < 4.78 is 22.8. The average molecular weight is 553 g/mol. The standard InChI is InChI=1S/C26H20Cl4FN2O2/c27-20-6-1-18(2-7-20)25(26(30)35-15-19-3-8-21(28)13-23(19)29)33-12-11-32(16-33)14-24(34)17-4-9-22(31)10-5-17/h1-13,16,25-26H,14-15H2/q+1. The number of hydrogen-bond donors (Lipinski definition) is 0. The summed E-state index contributed by atoms with van der Waals surface area (Å²) in [5.41, 5.74) is 1.27. The van der Waals surface area contributed by atoms with Crippen LogP contribution in [0.5, 0.6) is 0 Å². The zero-order valence-electron chi connectivity index (χ0n) is 18.3. The summed E-state index contributed by atoms with van der Waals surface area (Å²) in [7, 11) is 0. The van der Waals surface area contributed by atoms with E-state index in [9.17, 15) is 9.18 Å². The van der Waals surface area contributed by atoms with E-state index in [0.717, 1.165) is 11.1 Å². The van der Waals surface area contributed by atoms with E-state index in [0.29, 0.717) is 20.6 Å². The van der Waals surface area contributed by atoms with E-state index in [-0.39, 0.29) is 24.8 Å². The molecule has 4 rings (SSSR count). The Balaban J connectivity index is 1.54. The predicted octanol–water partition coefficient (Wildman–Crippen LogP) is 7.13. The maximum atomic E-state index is 13.2. The van der Waals surface area contributed by atoms with Crippen LogP contribution in [-0.4, -0.2) is 15.9 Å². The fraction of sp³-hybridized carbons (Fsp3) is 0.154. The number of nitrogens with zero attached hydrogens (tertiary/aromatic N) is 2. The number of hydrogen-bond acceptors (Lipinski definition) is 2. The summed E-state index contributed by atoms with van der Waals surface area (Å²) in [5, 5.41) is 1.62. The second kappa shape index (κ2) is 11.5. The van der Waals surface area contributed by atoms with Crippen LogP contribution in [0.25, 0.3) is 0 Å². The quantitative estimate of drug-likeness (QED) is 0.126. The first-order chi connectivity index (χ1) is 16.8. The molecule has 3 aromatic carbocycles. The van der Waals surface area contributed by atoms with Gasteiger partial charge < -0.3 is 4.74 Å². The van der Waals surface area contributed by atoms with Crippen LogP contribution in [0.4, 0.5) is 4.39 Å². The lowest BCUT2D eigenvalue weighted by molar-refractivity contribution is -0.682. The number of carbonyl (C=O) groups excluding carboxylic acids is 1. The summed E-state index contributed by atoms with van der Waals surface area (Å²) in [6.45, 7) is 0.263. The third kappa shape index (κ3) is 6.63. The van der Waals surface area contributed by atoms with Gasteiger partial charge in [0.2, 0.25) is 12.1 Å². The van der Waals surface area contributed by atoms with Gasteiger partial charge in [0, 0.05) is 26.2 Å². The molecule has 4 aromatic rings. The Morgan fingerprint density at radius 3 is 2.34 bits per heavy atom. The number of benzene rings is 3. The van der Waals surface area contributed by atoms with Gasteiger partial charge in [0.25, 0.3) is 0 Å². The van der Waals surface area contributed by atoms with E-state index in [4.69, 9.17) is 51.1 Å². The summed E-state index contributed by atoms with van der Waals surface area (Å²) >= 11 is 25.1. The molecule has 1 heterocycles. The van der Waals surface area contributed by atoms with Crippen LogP contribution in [0.15, 0.2) is 85.5 Å². The maximum absolute atomic E-state index is 13.2. The van der Waals surface area contributed by atoms with Gasteiger partial charge >= 0.3 is 0 Å². The van der Waals surface area contributed by atoms with E-state index >= 15 is 0 Å². The number of rotatable bonds is 9. The molecule has 0 radical (unpaired) electrons. The topological polar surface area (TPSA) is 35.1 Å². The molecule has 0 saturated carbocycles. The number of Topliss-reactive ketones (excluding diaryl/α,β-unsaturated/α-hetero) is 1. The fourth-order valence-electron chi connectivity index (χ4n) is 3.58. The van der Waals surface area contributed by atoms with Crippen molar-refractivity contribution < 1.29 is 18.5 Å². The van der Waals surface area contributed by atoms with Crippen molar-refractivity contribution in [3.05, 3.63) is 123 Å². The number of imidazole rings is 1. The van der Waals surface area contributed by atoms with Gasteiger partial charge in [0.05, 0.1) is 6.61 Å². The zero-order chi connectivity index (χ0) is 24.9. The summed E-state index contributed by atoms with van der Waals surface area (Å²) in [6.07, 6.45) is 5.35. The summed E-state index contributed by atoms with van der Waals surface area (Å²) in [6, 6.07) is 17.5. The van der Waals surface area contributed by atoms with Gasteiger partial charge in [-0.1, -0.05) is 64.6 Å². The number of ketones is 1. The molecule has 0 N–H and O–H groups in total. The van der Waals surface area contributed by atoms with Crippen LogP contribution in [0.1, 0.15) is 27.5 Å². The first-order valence-electron chi connectivity index (χ1n) is 10.6. The Hall–Kier alpha value is -2.41. The zero-order valence-corrected chi connectivity index (χ0v) is 21.3. The Morgan fingerprint density at radius 1 is 0.971 bits per heavy atom. The van der Waals surface area contributed by atoms with Gasteiger partial charge in [0.15, 0.2) is 18.1 Å². The van der Waals surface area contributed by atoms with E-state index in [1.165, 1.54) is 24.3 Å². The largest absolute Gasteiger partial charge is 0.353 e. The highest BCUT2D eigenvalue weighted by molar-refractivity contribution is 6.35. The number of alkyl halides is 1. The highest BCUT2D eigenvalue weighted by Gasteiger charge is 2.29. The third-order valence-corrected chi connectivity index (χ3v) is 6.60. The molecule has 4 nitrogen and oxygen atoms in total. The Kier molecular flexibility index (Phi) is 8.47. The number of carbonyl (C=O) groups is 1. The van der Waals surface area contributed by atoms with Crippen LogP contribution >= 0.6 is 46.4 Å². The van der Waals surface area contributed by atoms with Crippen LogP contribution in [-0.2, 0) is 17.9 Å². The molecule has 35 heavy (non-hydrogen) atoms. The lowest BCUT2D eigenvalue weighted by Crippen LogP contribution is -2.36.